The first-order chi connectivity index (χ1) is 17.9. The maximum Gasteiger partial charge on any atom is 0.300 e. The molecular formula is C29H27ClN2O5. The Morgan fingerprint density at radius 2 is 1.70 bits per heavy atom. The fourth-order valence-electron chi connectivity index (χ4n) is 4.98. The Morgan fingerprint density at radius 1 is 1.00 bits per heavy atom. The Bertz CT molecular complexity index is 1380. The first-order valence-electron chi connectivity index (χ1n) is 12.3. The number of aromatic hydroxyl groups is 1. The van der Waals surface area contributed by atoms with E-state index in [2.05, 4.69) is 4.90 Å². The van der Waals surface area contributed by atoms with Crippen molar-refractivity contribution in [2.75, 3.05) is 29.5 Å². The average molecular weight is 519 g/mol. The van der Waals surface area contributed by atoms with Gasteiger partial charge in [-0.1, -0.05) is 23.7 Å². The van der Waals surface area contributed by atoms with Crippen molar-refractivity contribution in [2.45, 2.75) is 25.8 Å². The lowest BCUT2D eigenvalue weighted by Gasteiger charge is -2.26. The van der Waals surface area contributed by atoms with Crippen LogP contribution in [0.1, 0.15) is 36.9 Å². The molecule has 1 unspecified atom stereocenters. The number of nitrogens with zero attached hydrogens (tertiary/aromatic N) is 2. The Kier molecular flexibility index (Phi) is 6.80. The number of ketones is 1. The van der Waals surface area contributed by atoms with Crippen LogP contribution in [-0.2, 0) is 9.59 Å². The summed E-state index contributed by atoms with van der Waals surface area (Å²) in [6.45, 7) is 4.15. The highest BCUT2D eigenvalue weighted by atomic mass is 35.5. The number of hydrogen-bond acceptors (Lipinski definition) is 6. The predicted molar refractivity (Wildman–Crippen MR) is 143 cm³/mol. The number of hydrogen-bond donors (Lipinski definition) is 2. The number of Topliss-reactive ketones (excluding diaryl/α,β-unsaturated/α-hetero) is 1. The third-order valence-electron chi connectivity index (χ3n) is 6.73. The molecule has 3 aromatic carbocycles. The molecule has 0 aliphatic carbocycles. The van der Waals surface area contributed by atoms with Crippen LogP contribution in [0.3, 0.4) is 0 Å². The summed E-state index contributed by atoms with van der Waals surface area (Å²) >= 11 is 6.21. The van der Waals surface area contributed by atoms with Gasteiger partial charge in [0.1, 0.15) is 17.3 Å². The minimum Gasteiger partial charge on any atom is -0.508 e. The lowest BCUT2D eigenvalue weighted by Crippen LogP contribution is -2.29. The van der Waals surface area contributed by atoms with E-state index < -0.39 is 17.7 Å². The second-order valence-corrected chi connectivity index (χ2v) is 9.46. The highest BCUT2D eigenvalue weighted by Gasteiger charge is 2.47. The van der Waals surface area contributed by atoms with Crippen LogP contribution in [0.4, 0.5) is 11.4 Å². The summed E-state index contributed by atoms with van der Waals surface area (Å²) in [6.07, 6.45) is 2.28. The van der Waals surface area contributed by atoms with Crippen molar-refractivity contribution in [3.05, 3.63) is 88.5 Å². The van der Waals surface area contributed by atoms with E-state index in [4.69, 9.17) is 16.3 Å². The van der Waals surface area contributed by atoms with Crippen LogP contribution >= 0.6 is 11.6 Å². The number of carbonyl (C=O) groups excluding carboxylic acids is 2. The topological polar surface area (TPSA) is 90.3 Å². The third kappa shape index (κ3) is 4.62. The number of ether oxygens (including phenoxy) is 1. The maximum atomic E-state index is 13.4. The molecule has 2 fully saturated rings. The number of aliphatic hydroxyl groups is 1. The summed E-state index contributed by atoms with van der Waals surface area (Å²) < 4.78 is 5.54. The monoisotopic (exact) mass is 518 g/mol. The van der Waals surface area contributed by atoms with Crippen molar-refractivity contribution in [3.8, 4) is 11.5 Å². The van der Waals surface area contributed by atoms with E-state index >= 15 is 0 Å². The Balaban J connectivity index is 1.63. The number of phenolic OH excluding ortho intramolecular Hbond substituents is 1. The number of rotatable bonds is 6. The summed E-state index contributed by atoms with van der Waals surface area (Å²) in [5.41, 5.74) is 2.27. The molecule has 37 heavy (non-hydrogen) atoms. The molecule has 2 heterocycles. The zero-order chi connectivity index (χ0) is 26.1. The van der Waals surface area contributed by atoms with E-state index in [-0.39, 0.29) is 17.1 Å². The molecule has 2 aliphatic heterocycles. The number of amides is 1. The van der Waals surface area contributed by atoms with Gasteiger partial charge in [0.05, 0.1) is 23.2 Å². The van der Waals surface area contributed by atoms with Crippen LogP contribution in [0.25, 0.3) is 5.76 Å². The lowest BCUT2D eigenvalue weighted by atomic mass is 9.95. The van der Waals surface area contributed by atoms with Crippen molar-refractivity contribution in [2.24, 2.45) is 0 Å². The smallest absolute Gasteiger partial charge is 0.300 e. The second-order valence-electron chi connectivity index (χ2n) is 9.05. The highest BCUT2D eigenvalue weighted by molar-refractivity contribution is 6.51. The van der Waals surface area contributed by atoms with Crippen molar-refractivity contribution in [1.29, 1.82) is 0 Å². The van der Waals surface area contributed by atoms with Crippen LogP contribution < -0.4 is 14.5 Å². The molecule has 0 aromatic heterocycles. The maximum absolute atomic E-state index is 13.4. The van der Waals surface area contributed by atoms with Gasteiger partial charge in [-0.25, -0.2) is 0 Å². The zero-order valence-corrected chi connectivity index (χ0v) is 21.1. The van der Waals surface area contributed by atoms with Crippen LogP contribution in [-0.4, -0.2) is 41.6 Å². The molecule has 0 bridgehead atoms. The summed E-state index contributed by atoms with van der Waals surface area (Å²) in [7, 11) is 0. The van der Waals surface area contributed by atoms with Crippen LogP contribution in [0.15, 0.2) is 72.3 Å². The standard InChI is InChI=1S/C29H27ClN2O5/c1-2-37-24-17-19(8-13-23(24)30)27(34)25-26(18-6-5-7-22(33)16-18)32(29(36)28(25)35)21-11-9-20(10-12-21)31-14-3-4-15-31/h5-13,16-17,26,33-34H,2-4,14-15H2,1H3/b27-25-. The van der Waals surface area contributed by atoms with Gasteiger partial charge >= 0.3 is 0 Å². The average Bonchev–Trinajstić information content (AvgIpc) is 3.52. The Labute approximate surface area is 220 Å². The third-order valence-corrected chi connectivity index (χ3v) is 7.05. The predicted octanol–water partition coefficient (Wildman–Crippen LogP) is 5.67. The van der Waals surface area contributed by atoms with E-state index in [1.807, 2.05) is 31.2 Å². The SMILES string of the molecule is CCOc1cc(/C(O)=C2/C(=O)C(=O)N(c3ccc(N4CCCC4)cc3)C2c2cccc(O)c2)ccc1Cl. The van der Waals surface area contributed by atoms with Crippen molar-refractivity contribution in [3.63, 3.8) is 0 Å². The van der Waals surface area contributed by atoms with Gasteiger partial charge in [-0.3, -0.25) is 14.5 Å². The molecule has 8 heteroatoms. The quantitative estimate of drug-likeness (QED) is 0.248. The molecule has 7 nitrogen and oxygen atoms in total. The summed E-state index contributed by atoms with van der Waals surface area (Å²) in [6, 6.07) is 17.6. The minimum atomic E-state index is -0.948. The molecule has 5 rings (SSSR count). The van der Waals surface area contributed by atoms with E-state index in [1.54, 1.807) is 30.3 Å². The lowest BCUT2D eigenvalue weighted by molar-refractivity contribution is -0.132. The number of benzene rings is 3. The van der Waals surface area contributed by atoms with Gasteiger partial charge in [0.2, 0.25) is 0 Å². The molecule has 1 amide bonds. The minimum absolute atomic E-state index is 0.0161. The molecule has 0 saturated carbocycles. The van der Waals surface area contributed by atoms with Crippen LogP contribution in [0, 0.1) is 0 Å². The molecular weight excluding hydrogens is 492 g/mol. The summed E-state index contributed by atoms with van der Waals surface area (Å²) in [5, 5.41) is 21.9. The van der Waals surface area contributed by atoms with Gasteiger partial charge < -0.3 is 19.8 Å². The van der Waals surface area contributed by atoms with Gasteiger partial charge in [-0.15, -0.1) is 0 Å². The second kappa shape index (κ2) is 10.2. The van der Waals surface area contributed by atoms with Gasteiger partial charge in [0, 0.05) is 30.0 Å². The van der Waals surface area contributed by atoms with Gasteiger partial charge in [-0.05, 0) is 79.9 Å². The van der Waals surface area contributed by atoms with Crippen LogP contribution in [0.5, 0.6) is 11.5 Å². The van der Waals surface area contributed by atoms with Gasteiger partial charge in [0.25, 0.3) is 11.7 Å². The largest absolute Gasteiger partial charge is 0.508 e. The van der Waals surface area contributed by atoms with E-state index in [0.29, 0.717) is 34.2 Å². The first kappa shape index (κ1) is 24.7. The summed E-state index contributed by atoms with van der Waals surface area (Å²) in [5.74, 6) is -1.59. The zero-order valence-electron chi connectivity index (χ0n) is 20.4. The van der Waals surface area contributed by atoms with Crippen molar-refractivity contribution in [1.82, 2.24) is 0 Å². The van der Waals surface area contributed by atoms with Crippen molar-refractivity contribution >= 4 is 40.4 Å². The fourth-order valence-corrected chi connectivity index (χ4v) is 5.15. The van der Waals surface area contributed by atoms with Crippen molar-refractivity contribution < 1.29 is 24.5 Å². The normalized spacial score (nSPS) is 19.0. The highest BCUT2D eigenvalue weighted by Crippen LogP contribution is 2.43. The molecule has 190 valence electrons. The molecule has 0 radical (unpaired) electrons. The number of anilines is 2. The van der Waals surface area contributed by atoms with Gasteiger partial charge in [0.15, 0.2) is 0 Å². The summed E-state index contributed by atoms with van der Waals surface area (Å²) in [4.78, 5) is 30.4. The van der Waals surface area contributed by atoms with E-state index in [1.165, 1.54) is 17.0 Å². The first-order valence-corrected chi connectivity index (χ1v) is 12.6. The molecule has 2 aliphatic rings. The van der Waals surface area contributed by atoms with Gasteiger partial charge in [-0.2, -0.15) is 0 Å². The fraction of sp³-hybridized carbons (Fsp3) is 0.241. The number of halogens is 1. The number of phenols is 1. The molecule has 1 atom stereocenters. The van der Waals surface area contributed by atoms with Crippen LogP contribution in [0.2, 0.25) is 5.02 Å². The molecule has 2 N–H and O–H groups in total. The molecule has 2 saturated heterocycles. The number of carbonyl (C=O) groups is 2. The Morgan fingerprint density at radius 3 is 2.38 bits per heavy atom. The molecule has 3 aromatic rings. The van der Waals surface area contributed by atoms with E-state index in [9.17, 15) is 19.8 Å². The Hall–Kier alpha value is -3.97. The molecule has 0 spiro atoms. The number of aliphatic hydroxyl groups excluding tert-OH is 1. The van der Waals surface area contributed by atoms with E-state index in [0.717, 1.165) is 31.6 Å².